The second kappa shape index (κ2) is 8.18. The largest absolute Gasteiger partial charge is 0.454 e. The van der Waals surface area contributed by atoms with Crippen molar-refractivity contribution in [3.8, 4) is 0 Å². The van der Waals surface area contributed by atoms with Gasteiger partial charge in [-0.2, -0.15) is 0 Å². The van der Waals surface area contributed by atoms with Gasteiger partial charge in [0.15, 0.2) is 6.61 Å². The summed E-state index contributed by atoms with van der Waals surface area (Å²) in [6.07, 6.45) is 4.75. The summed E-state index contributed by atoms with van der Waals surface area (Å²) < 4.78 is 5.14. The van der Waals surface area contributed by atoms with Crippen molar-refractivity contribution < 1.29 is 28.8 Å². The molecule has 2 aromatic rings. The number of carbonyl (C=O) groups is 4. The molecule has 2 aromatic carbocycles. The van der Waals surface area contributed by atoms with E-state index in [1.165, 1.54) is 24.3 Å². The monoisotopic (exact) mass is 480 g/mol. The standard InChI is InChI=1S/C24H17ClN2O7/c25-16-8-7-12(10-18(16)27(32)33)19(28)11-34-24(31)15-3-1-2-4-17(15)26-22(29)20-13-5-6-14(9-13)21(20)23(26)30/h1-8,10,13-14,20-21H,9,11H2/t13-,14-,20-,21-/m0/s1. The Hall–Kier alpha value is -3.85. The van der Waals surface area contributed by atoms with Crippen LogP contribution in [0.15, 0.2) is 54.6 Å². The van der Waals surface area contributed by atoms with Gasteiger partial charge in [0.1, 0.15) is 5.02 Å². The lowest BCUT2D eigenvalue weighted by Crippen LogP contribution is -2.34. The number of para-hydroxylation sites is 1. The van der Waals surface area contributed by atoms with E-state index in [-0.39, 0.29) is 45.5 Å². The van der Waals surface area contributed by atoms with Gasteiger partial charge in [-0.15, -0.1) is 0 Å². The number of nitro groups is 1. The minimum Gasteiger partial charge on any atom is -0.454 e. The Labute approximate surface area is 198 Å². The molecule has 172 valence electrons. The number of carbonyl (C=O) groups excluding carboxylic acids is 4. The lowest BCUT2D eigenvalue weighted by molar-refractivity contribution is -0.384. The molecule has 0 spiro atoms. The molecule has 3 aliphatic rings. The summed E-state index contributed by atoms with van der Waals surface area (Å²) in [6, 6.07) is 9.59. The molecular formula is C24H17ClN2O7. The molecule has 10 heteroatoms. The highest BCUT2D eigenvalue weighted by molar-refractivity contribution is 6.32. The molecular weight excluding hydrogens is 464 g/mol. The highest BCUT2D eigenvalue weighted by Gasteiger charge is 2.59. The third-order valence-electron chi connectivity index (χ3n) is 6.63. The highest BCUT2D eigenvalue weighted by Crippen LogP contribution is 2.53. The number of hydrogen-bond acceptors (Lipinski definition) is 7. The number of esters is 1. The summed E-state index contributed by atoms with van der Waals surface area (Å²) in [5, 5.41) is 10.9. The number of nitro benzene ring substituents is 1. The molecule has 2 amide bonds. The Morgan fingerprint density at radius 2 is 1.71 bits per heavy atom. The van der Waals surface area contributed by atoms with E-state index in [4.69, 9.17) is 16.3 Å². The third kappa shape index (κ3) is 3.40. The molecule has 2 bridgehead atoms. The number of imide groups is 1. The molecule has 0 unspecified atom stereocenters. The quantitative estimate of drug-likeness (QED) is 0.154. The van der Waals surface area contributed by atoms with Crippen LogP contribution in [0.1, 0.15) is 27.1 Å². The summed E-state index contributed by atoms with van der Waals surface area (Å²) >= 11 is 5.76. The molecule has 2 aliphatic carbocycles. The van der Waals surface area contributed by atoms with Crippen LogP contribution in [0.5, 0.6) is 0 Å². The van der Waals surface area contributed by atoms with Crippen LogP contribution in [-0.2, 0) is 14.3 Å². The van der Waals surface area contributed by atoms with E-state index in [1.807, 2.05) is 12.2 Å². The number of amides is 2. The molecule has 2 fully saturated rings. The van der Waals surface area contributed by atoms with Gasteiger partial charge >= 0.3 is 5.97 Å². The fraction of sp³-hybridized carbons (Fsp3) is 0.250. The molecule has 1 heterocycles. The summed E-state index contributed by atoms with van der Waals surface area (Å²) in [4.78, 5) is 62.9. The first kappa shape index (κ1) is 22.0. The number of ketones is 1. The average Bonchev–Trinajstić information content (AvgIpc) is 3.51. The highest BCUT2D eigenvalue weighted by atomic mass is 35.5. The Morgan fingerprint density at radius 1 is 1.06 bits per heavy atom. The molecule has 0 aromatic heterocycles. The molecule has 1 aliphatic heterocycles. The first-order valence-corrected chi connectivity index (χ1v) is 10.9. The zero-order valence-electron chi connectivity index (χ0n) is 17.5. The molecule has 1 saturated heterocycles. The van der Waals surface area contributed by atoms with Gasteiger partial charge in [0.05, 0.1) is 28.0 Å². The Balaban J connectivity index is 1.34. The minimum absolute atomic E-state index is 0.0246. The molecule has 0 N–H and O–H groups in total. The van der Waals surface area contributed by atoms with Crippen LogP contribution < -0.4 is 4.90 Å². The number of rotatable bonds is 6. The van der Waals surface area contributed by atoms with Crippen LogP contribution in [0.2, 0.25) is 5.02 Å². The first-order valence-electron chi connectivity index (χ1n) is 10.6. The van der Waals surface area contributed by atoms with Gasteiger partial charge in [-0.05, 0) is 42.5 Å². The van der Waals surface area contributed by atoms with Crippen molar-refractivity contribution in [2.75, 3.05) is 11.5 Å². The maximum absolute atomic E-state index is 13.1. The number of benzene rings is 2. The van der Waals surface area contributed by atoms with Crippen molar-refractivity contribution in [3.05, 3.63) is 80.9 Å². The second-order valence-corrected chi connectivity index (χ2v) is 8.86. The molecule has 4 atom stereocenters. The van der Waals surface area contributed by atoms with Crippen molar-refractivity contribution in [2.24, 2.45) is 23.7 Å². The predicted octanol–water partition coefficient (Wildman–Crippen LogP) is 3.60. The number of halogens is 1. The van der Waals surface area contributed by atoms with Crippen molar-refractivity contribution in [3.63, 3.8) is 0 Å². The van der Waals surface area contributed by atoms with E-state index >= 15 is 0 Å². The Kier molecular flexibility index (Phi) is 5.28. The normalized spacial score (nSPS) is 24.4. The van der Waals surface area contributed by atoms with Crippen molar-refractivity contribution >= 4 is 46.5 Å². The number of nitrogens with zero attached hydrogens (tertiary/aromatic N) is 2. The smallest absolute Gasteiger partial charge is 0.340 e. The van der Waals surface area contributed by atoms with Gasteiger partial charge in [0, 0.05) is 11.6 Å². The molecule has 9 nitrogen and oxygen atoms in total. The van der Waals surface area contributed by atoms with Crippen LogP contribution in [0.3, 0.4) is 0 Å². The molecule has 0 radical (unpaired) electrons. The topological polar surface area (TPSA) is 124 Å². The lowest BCUT2D eigenvalue weighted by Gasteiger charge is -2.19. The Morgan fingerprint density at radius 3 is 2.35 bits per heavy atom. The van der Waals surface area contributed by atoms with Gasteiger partial charge in [0.2, 0.25) is 17.6 Å². The van der Waals surface area contributed by atoms with Gasteiger partial charge < -0.3 is 4.74 Å². The van der Waals surface area contributed by atoms with Crippen molar-refractivity contribution in [2.45, 2.75) is 6.42 Å². The minimum atomic E-state index is -0.897. The van der Waals surface area contributed by atoms with E-state index in [0.29, 0.717) is 0 Å². The predicted molar refractivity (Wildman–Crippen MR) is 119 cm³/mol. The number of Topliss-reactive ketones (excluding diaryl/α,β-unsaturated/α-hetero) is 1. The Bertz CT molecular complexity index is 1270. The molecule has 1 saturated carbocycles. The number of ether oxygens (including phenoxy) is 1. The molecule has 5 rings (SSSR count). The third-order valence-corrected chi connectivity index (χ3v) is 6.95. The van der Waals surface area contributed by atoms with Gasteiger partial charge in [0.25, 0.3) is 5.69 Å². The van der Waals surface area contributed by atoms with Crippen LogP contribution in [0.25, 0.3) is 0 Å². The van der Waals surface area contributed by atoms with Crippen LogP contribution in [0.4, 0.5) is 11.4 Å². The van der Waals surface area contributed by atoms with E-state index in [2.05, 4.69) is 0 Å². The number of hydrogen-bond donors (Lipinski definition) is 0. The van der Waals surface area contributed by atoms with E-state index in [1.54, 1.807) is 12.1 Å². The van der Waals surface area contributed by atoms with E-state index in [0.717, 1.165) is 17.4 Å². The summed E-state index contributed by atoms with van der Waals surface area (Å²) in [7, 11) is 0. The molecule has 34 heavy (non-hydrogen) atoms. The SMILES string of the molecule is O=C(COC(=O)c1ccccc1N1C(=O)[C@@H]2[C@@H](C1=O)[C@H]1C=C[C@H]2C1)c1ccc(Cl)c([N+](=O)[O-])c1. The summed E-state index contributed by atoms with van der Waals surface area (Å²) in [6.45, 7) is -0.687. The average molecular weight is 481 g/mol. The number of fused-ring (bicyclic) bond motifs is 5. The second-order valence-electron chi connectivity index (χ2n) is 8.45. The van der Waals surface area contributed by atoms with Gasteiger partial charge in [-0.3, -0.25) is 24.5 Å². The lowest BCUT2D eigenvalue weighted by atomic mass is 9.85. The zero-order chi connectivity index (χ0) is 24.1. The fourth-order valence-electron chi connectivity index (χ4n) is 5.10. The number of anilines is 1. The maximum Gasteiger partial charge on any atom is 0.340 e. The summed E-state index contributed by atoms with van der Waals surface area (Å²) in [5.41, 5.74) is -0.396. The van der Waals surface area contributed by atoms with Gasteiger partial charge in [-0.25, -0.2) is 9.69 Å². The van der Waals surface area contributed by atoms with Crippen LogP contribution in [-0.4, -0.2) is 35.1 Å². The van der Waals surface area contributed by atoms with Crippen LogP contribution in [0, 0.1) is 33.8 Å². The van der Waals surface area contributed by atoms with E-state index in [9.17, 15) is 29.3 Å². The van der Waals surface area contributed by atoms with Crippen molar-refractivity contribution in [1.29, 1.82) is 0 Å². The van der Waals surface area contributed by atoms with E-state index < -0.39 is 40.8 Å². The number of allylic oxidation sites excluding steroid dienone is 2. The maximum atomic E-state index is 13.1. The first-order chi connectivity index (χ1) is 16.3. The zero-order valence-corrected chi connectivity index (χ0v) is 18.3. The van der Waals surface area contributed by atoms with Crippen molar-refractivity contribution in [1.82, 2.24) is 0 Å². The van der Waals surface area contributed by atoms with Crippen LogP contribution >= 0.6 is 11.6 Å². The van der Waals surface area contributed by atoms with Gasteiger partial charge in [-0.1, -0.05) is 35.9 Å². The summed E-state index contributed by atoms with van der Waals surface area (Å²) in [5.74, 6) is -3.04. The fourth-order valence-corrected chi connectivity index (χ4v) is 5.29.